The van der Waals surface area contributed by atoms with Gasteiger partial charge in [-0.15, -0.1) is 0 Å². The molecule has 0 bridgehead atoms. The van der Waals surface area contributed by atoms with E-state index in [1.54, 1.807) is 43.1 Å². The van der Waals surface area contributed by atoms with E-state index in [1.165, 1.54) is 24.2 Å². The topological polar surface area (TPSA) is 101 Å². The van der Waals surface area contributed by atoms with E-state index in [4.69, 9.17) is 26.1 Å². The lowest BCUT2D eigenvalue weighted by Crippen LogP contribution is -2.48. The van der Waals surface area contributed by atoms with E-state index in [2.05, 4.69) is 5.32 Å². The molecule has 2 aromatic rings. The van der Waals surface area contributed by atoms with Gasteiger partial charge < -0.3 is 19.7 Å². The van der Waals surface area contributed by atoms with Gasteiger partial charge in [0.1, 0.15) is 12.3 Å². The Labute approximate surface area is 240 Å². The molecule has 0 unspecified atom stereocenters. The molecule has 1 aliphatic carbocycles. The van der Waals surface area contributed by atoms with Crippen molar-refractivity contribution >= 4 is 41.0 Å². The minimum atomic E-state index is -0.420. The van der Waals surface area contributed by atoms with E-state index in [-0.39, 0.29) is 25.0 Å². The van der Waals surface area contributed by atoms with Crippen LogP contribution in [0.1, 0.15) is 67.8 Å². The lowest BCUT2D eigenvalue weighted by atomic mass is 9.95. The number of guanidine groups is 1. The lowest BCUT2D eigenvalue weighted by molar-refractivity contribution is -0.143. The number of rotatable bonds is 10. The van der Waals surface area contributed by atoms with E-state index in [0.29, 0.717) is 60.0 Å². The van der Waals surface area contributed by atoms with E-state index >= 15 is 0 Å². The highest BCUT2D eigenvalue weighted by atomic mass is 35.5. The molecule has 1 fully saturated rings. The molecule has 2 aromatic carbocycles. The minimum absolute atomic E-state index is 0.0759. The molecular weight excluding hydrogens is 532 g/mol. The zero-order chi connectivity index (χ0) is 28.5. The second-order valence-corrected chi connectivity index (χ2v) is 10.5. The molecule has 0 atom stereocenters. The lowest BCUT2D eigenvalue weighted by Gasteiger charge is -2.34. The van der Waals surface area contributed by atoms with Gasteiger partial charge in [-0.3, -0.25) is 19.3 Å². The van der Waals surface area contributed by atoms with E-state index in [1.807, 2.05) is 18.2 Å². The fourth-order valence-corrected chi connectivity index (χ4v) is 5.21. The number of benzene rings is 2. The minimum Gasteiger partial charge on any atom is -0.494 e. The predicted molar refractivity (Wildman–Crippen MR) is 154 cm³/mol. The molecule has 1 heterocycles. The fourth-order valence-electron chi connectivity index (χ4n) is 4.99. The SMILES string of the molecule is CCOC(=O)CN1Cc2cc(OCCCC(=O)NC3CCCCC3)ccc2N=C1N(C)C(=O)c1ccccc1Cl. The molecule has 0 radical (unpaired) electrons. The normalized spacial score (nSPS) is 15.1. The number of ether oxygens (including phenoxy) is 2. The largest absolute Gasteiger partial charge is 0.494 e. The van der Waals surface area contributed by atoms with Crippen LogP contribution in [0, 0.1) is 0 Å². The number of nitrogens with one attached hydrogen (secondary N) is 1. The maximum Gasteiger partial charge on any atom is 0.325 e. The maximum absolute atomic E-state index is 13.3. The number of hydrogen-bond donors (Lipinski definition) is 1. The molecule has 2 aliphatic rings. The van der Waals surface area contributed by atoms with E-state index in [0.717, 1.165) is 18.4 Å². The van der Waals surface area contributed by atoms with Gasteiger partial charge in [-0.1, -0.05) is 43.0 Å². The Morgan fingerprint density at radius 3 is 2.65 bits per heavy atom. The van der Waals surface area contributed by atoms with Gasteiger partial charge in [0, 0.05) is 31.6 Å². The van der Waals surface area contributed by atoms with Crippen LogP contribution in [0.25, 0.3) is 0 Å². The molecule has 9 nitrogen and oxygen atoms in total. The van der Waals surface area contributed by atoms with E-state index < -0.39 is 5.97 Å². The summed E-state index contributed by atoms with van der Waals surface area (Å²) < 4.78 is 11.1. The van der Waals surface area contributed by atoms with Crippen LogP contribution in [0.4, 0.5) is 5.69 Å². The summed E-state index contributed by atoms with van der Waals surface area (Å²) in [6.07, 6.45) is 6.80. The number of nitrogens with zero attached hydrogens (tertiary/aromatic N) is 3. The van der Waals surface area contributed by atoms with Crippen LogP contribution in [0.2, 0.25) is 5.02 Å². The molecular formula is C30H37ClN4O5. The standard InChI is InChI=1S/C30H37ClN4O5/c1-3-39-28(37)20-35-19-21-18-23(40-17-9-14-27(36)32-22-10-5-4-6-11-22)15-16-26(21)33-30(35)34(2)29(38)24-12-7-8-13-25(24)31/h7-8,12-13,15-16,18,22H,3-6,9-11,14,17,19-20H2,1-2H3,(H,32,36). The third-order valence-corrected chi connectivity index (χ3v) is 7.37. The molecule has 4 rings (SSSR count). The summed E-state index contributed by atoms with van der Waals surface area (Å²) in [6, 6.07) is 12.6. The highest BCUT2D eigenvalue weighted by molar-refractivity contribution is 6.34. The van der Waals surface area contributed by atoms with Gasteiger partial charge in [-0.25, -0.2) is 4.99 Å². The maximum atomic E-state index is 13.3. The molecule has 0 saturated heterocycles. The van der Waals surface area contributed by atoms with Crippen molar-refractivity contribution in [3.8, 4) is 5.75 Å². The Hall–Kier alpha value is -3.59. The van der Waals surface area contributed by atoms with Crippen molar-refractivity contribution in [3.05, 3.63) is 58.6 Å². The second kappa shape index (κ2) is 14.2. The van der Waals surface area contributed by atoms with Crippen molar-refractivity contribution < 1.29 is 23.9 Å². The zero-order valence-corrected chi connectivity index (χ0v) is 23.9. The summed E-state index contributed by atoms with van der Waals surface area (Å²) in [7, 11) is 1.61. The number of fused-ring (bicyclic) bond motifs is 1. The van der Waals surface area contributed by atoms with Crippen LogP contribution in [-0.4, -0.2) is 66.4 Å². The van der Waals surface area contributed by atoms with Crippen LogP contribution >= 0.6 is 11.6 Å². The van der Waals surface area contributed by atoms with Gasteiger partial charge >= 0.3 is 5.97 Å². The smallest absolute Gasteiger partial charge is 0.325 e. The summed E-state index contributed by atoms with van der Waals surface area (Å²) in [6.45, 7) is 2.66. The Bertz CT molecular complexity index is 1240. The Morgan fingerprint density at radius 2 is 1.90 bits per heavy atom. The van der Waals surface area contributed by atoms with Crippen molar-refractivity contribution in [3.63, 3.8) is 0 Å². The molecule has 0 aromatic heterocycles. The van der Waals surface area contributed by atoms with Gasteiger partial charge in [0.2, 0.25) is 11.9 Å². The van der Waals surface area contributed by atoms with Gasteiger partial charge in [0.05, 0.1) is 29.5 Å². The number of esters is 1. The fraction of sp³-hybridized carbons (Fsp3) is 0.467. The first-order valence-electron chi connectivity index (χ1n) is 13.9. The molecule has 214 valence electrons. The van der Waals surface area contributed by atoms with Crippen LogP contribution < -0.4 is 10.1 Å². The highest BCUT2D eigenvalue weighted by Crippen LogP contribution is 2.31. The molecule has 1 saturated carbocycles. The van der Waals surface area contributed by atoms with Crippen LogP contribution in [-0.2, 0) is 20.9 Å². The molecule has 10 heteroatoms. The van der Waals surface area contributed by atoms with Gasteiger partial charge in [0.15, 0.2) is 0 Å². The first kappa shape index (κ1) is 29.4. The summed E-state index contributed by atoms with van der Waals surface area (Å²) in [4.78, 5) is 45.8. The first-order valence-corrected chi connectivity index (χ1v) is 14.3. The van der Waals surface area contributed by atoms with Gasteiger partial charge in [-0.05, 0) is 56.5 Å². The summed E-state index contributed by atoms with van der Waals surface area (Å²) in [5.74, 6) is 0.294. The van der Waals surface area contributed by atoms with Crippen molar-refractivity contribution in [1.29, 1.82) is 0 Å². The number of hydrogen-bond acceptors (Lipinski definition) is 7. The average molecular weight is 569 g/mol. The Morgan fingerprint density at radius 1 is 1.12 bits per heavy atom. The van der Waals surface area contributed by atoms with Crippen molar-refractivity contribution in [1.82, 2.24) is 15.1 Å². The molecule has 40 heavy (non-hydrogen) atoms. The van der Waals surface area contributed by atoms with Gasteiger partial charge in [0.25, 0.3) is 5.91 Å². The quantitative estimate of drug-likeness (QED) is 0.317. The van der Waals surface area contributed by atoms with Crippen LogP contribution in [0.3, 0.4) is 0 Å². The van der Waals surface area contributed by atoms with E-state index in [9.17, 15) is 14.4 Å². The van der Waals surface area contributed by atoms with Crippen molar-refractivity contribution in [2.75, 3.05) is 26.8 Å². The van der Waals surface area contributed by atoms with Gasteiger partial charge in [-0.2, -0.15) is 0 Å². The molecule has 1 N–H and O–H groups in total. The summed E-state index contributed by atoms with van der Waals surface area (Å²) in [5, 5.41) is 3.47. The number of halogens is 1. The van der Waals surface area contributed by atoms with Crippen molar-refractivity contribution in [2.45, 2.75) is 64.5 Å². The average Bonchev–Trinajstić information content (AvgIpc) is 2.95. The Balaban J connectivity index is 1.42. The Kier molecular flexibility index (Phi) is 10.4. The summed E-state index contributed by atoms with van der Waals surface area (Å²) in [5.41, 5.74) is 1.86. The number of carbonyl (C=O) groups is 3. The highest BCUT2D eigenvalue weighted by Gasteiger charge is 2.29. The molecule has 0 spiro atoms. The van der Waals surface area contributed by atoms with Crippen molar-refractivity contribution in [2.24, 2.45) is 4.99 Å². The monoisotopic (exact) mass is 568 g/mol. The predicted octanol–water partition coefficient (Wildman–Crippen LogP) is 5.09. The number of aliphatic imine (C=N–C) groups is 1. The summed E-state index contributed by atoms with van der Waals surface area (Å²) >= 11 is 6.26. The first-order chi connectivity index (χ1) is 19.4. The third-order valence-electron chi connectivity index (χ3n) is 7.04. The zero-order valence-electron chi connectivity index (χ0n) is 23.2. The van der Waals surface area contributed by atoms with Crippen LogP contribution in [0.5, 0.6) is 5.75 Å². The third kappa shape index (κ3) is 7.75. The second-order valence-electron chi connectivity index (χ2n) is 10.1. The molecule has 2 amide bonds. The number of amides is 2. The van der Waals surface area contributed by atoms with Crippen LogP contribution in [0.15, 0.2) is 47.5 Å². The molecule has 1 aliphatic heterocycles. The number of carbonyl (C=O) groups excluding carboxylic acids is 3.